The van der Waals surface area contributed by atoms with Crippen molar-refractivity contribution in [3.63, 3.8) is 0 Å². The molecule has 1 aliphatic rings. The van der Waals surface area contributed by atoms with Gasteiger partial charge in [-0.2, -0.15) is 0 Å². The van der Waals surface area contributed by atoms with Gasteiger partial charge in [-0.15, -0.1) is 0 Å². The van der Waals surface area contributed by atoms with E-state index in [1.807, 2.05) is 20.8 Å². The van der Waals surface area contributed by atoms with Gasteiger partial charge in [-0.05, 0) is 39.2 Å². The zero-order chi connectivity index (χ0) is 13.1. The number of piperidine rings is 1. The summed E-state index contributed by atoms with van der Waals surface area (Å²) in [5, 5.41) is 3.35. The van der Waals surface area contributed by atoms with Gasteiger partial charge in [0.1, 0.15) is 5.60 Å². The Hall–Kier alpha value is -0.810. The number of hydrogen-bond acceptors (Lipinski definition) is 4. The summed E-state index contributed by atoms with van der Waals surface area (Å²) in [5.41, 5.74) is 5.35. The van der Waals surface area contributed by atoms with Gasteiger partial charge in [-0.3, -0.25) is 5.43 Å². The van der Waals surface area contributed by atoms with Gasteiger partial charge in [0.05, 0.1) is 0 Å². The maximum Gasteiger partial charge on any atom is 0.422 e. The fourth-order valence-corrected chi connectivity index (χ4v) is 1.89. The highest BCUT2D eigenvalue weighted by Gasteiger charge is 2.32. The summed E-state index contributed by atoms with van der Waals surface area (Å²) in [6.45, 7) is 11.8. The number of carbonyl (C=O) groups excluding carboxylic acids is 1. The second-order valence-electron chi connectivity index (χ2n) is 6.28. The van der Waals surface area contributed by atoms with Crippen molar-refractivity contribution >= 4 is 6.09 Å². The molecule has 0 aromatic rings. The first-order valence-corrected chi connectivity index (χ1v) is 6.16. The van der Waals surface area contributed by atoms with Crippen LogP contribution in [0.3, 0.4) is 0 Å². The molecule has 0 radical (unpaired) electrons. The molecule has 0 saturated carbocycles. The van der Waals surface area contributed by atoms with Gasteiger partial charge in [0.15, 0.2) is 0 Å². The van der Waals surface area contributed by atoms with Crippen molar-refractivity contribution in [1.82, 2.24) is 16.2 Å². The summed E-state index contributed by atoms with van der Waals surface area (Å²) >= 11 is 0. The zero-order valence-corrected chi connectivity index (χ0v) is 11.5. The average Bonchev–Trinajstić information content (AvgIpc) is 2.12. The molecule has 1 rings (SSSR count). The molecule has 1 unspecified atom stereocenters. The van der Waals surface area contributed by atoms with Crippen molar-refractivity contribution in [2.75, 3.05) is 13.1 Å². The second-order valence-corrected chi connectivity index (χ2v) is 6.28. The van der Waals surface area contributed by atoms with Crippen LogP contribution in [0.15, 0.2) is 0 Å². The largest absolute Gasteiger partial charge is 0.443 e. The maximum atomic E-state index is 11.5. The van der Waals surface area contributed by atoms with Crippen molar-refractivity contribution < 1.29 is 9.53 Å². The molecular formula is C12H25N3O2. The Bertz CT molecular complexity index is 271. The summed E-state index contributed by atoms with van der Waals surface area (Å²) in [5.74, 6) is 0. The van der Waals surface area contributed by atoms with Crippen molar-refractivity contribution in [3.8, 4) is 0 Å². The molecule has 0 spiro atoms. The topological polar surface area (TPSA) is 62.4 Å². The van der Waals surface area contributed by atoms with Gasteiger partial charge in [0.25, 0.3) is 0 Å². The molecule has 5 heteroatoms. The first-order chi connectivity index (χ1) is 7.71. The van der Waals surface area contributed by atoms with E-state index in [1.54, 1.807) is 0 Å². The number of carbonyl (C=O) groups is 1. The molecule has 17 heavy (non-hydrogen) atoms. The molecule has 0 aromatic carbocycles. The minimum absolute atomic E-state index is 0.118. The Morgan fingerprint density at radius 3 is 2.59 bits per heavy atom. The predicted octanol–water partition coefficient (Wildman–Crippen LogP) is 1.40. The van der Waals surface area contributed by atoms with Crippen molar-refractivity contribution in [2.45, 2.75) is 52.7 Å². The molecule has 1 saturated heterocycles. The number of hydrazine groups is 1. The third kappa shape index (κ3) is 4.91. The molecule has 3 N–H and O–H groups in total. The van der Waals surface area contributed by atoms with E-state index in [4.69, 9.17) is 4.74 Å². The molecule has 1 atom stereocenters. The molecule has 1 aliphatic heterocycles. The van der Waals surface area contributed by atoms with E-state index >= 15 is 0 Å². The lowest BCUT2D eigenvalue weighted by atomic mass is 9.80. The SMILES string of the molecule is CC(C)(C)OC(=O)NNC1CCNCC1(C)C. The van der Waals surface area contributed by atoms with Crippen LogP contribution in [-0.4, -0.2) is 30.8 Å². The third-order valence-electron chi connectivity index (χ3n) is 2.88. The first-order valence-electron chi connectivity index (χ1n) is 6.16. The number of hydrogen-bond donors (Lipinski definition) is 3. The summed E-state index contributed by atoms with van der Waals surface area (Å²) in [6.07, 6.45) is 0.565. The molecule has 5 nitrogen and oxygen atoms in total. The normalized spacial score (nSPS) is 24.2. The van der Waals surface area contributed by atoms with E-state index in [-0.39, 0.29) is 11.5 Å². The summed E-state index contributed by atoms with van der Waals surface area (Å²) < 4.78 is 5.17. The van der Waals surface area contributed by atoms with Gasteiger partial charge in [0.2, 0.25) is 0 Å². The van der Waals surface area contributed by atoms with Crippen molar-refractivity contribution in [2.24, 2.45) is 5.41 Å². The predicted molar refractivity (Wildman–Crippen MR) is 67.6 cm³/mol. The number of rotatable bonds is 2. The lowest BCUT2D eigenvalue weighted by molar-refractivity contribution is 0.0454. The van der Waals surface area contributed by atoms with Crippen LogP contribution in [0, 0.1) is 5.41 Å². The van der Waals surface area contributed by atoms with Crippen LogP contribution in [-0.2, 0) is 4.74 Å². The van der Waals surface area contributed by atoms with Gasteiger partial charge in [-0.1, -0.05) is 13.8 Å². The van der Waals surface area contributed by atoms with Gasteiger partial charge < -0.3 is 10.1 Å². The van der Waals surface area contributed by atoms with Crippen LogP contribution in [0.5, 0.6) is 0 Å². The molecule has 1 heterocycles. The Morgan fingerprint density at radius 1 is 1.41 bits per heavy atom. The summed E-state index contributed by atoms with van der Waals surface area (Å²) in [6, 6.07) is 0.260. The Morgan fingerprint density at radius 2 is 2.06 bits per heavy atom. The van der Waals surface area contributed by atoms with Crippen LogP contribution in [0.25, 0.3) is 0 Å². The standard InChI is InChI=1S/C12H25N3O2/c1-11(2,3)17-10(16)15-14-9-6-7-13-8-12(9,4)5/h9,13-14H,6-8H2,1-5H3,(H,15,16). The van der Waals surface area contributed by atoms with E-state index in [9.17, 15) is 4.79 Å². The minimum Gasteiger partial charge on any atom is -0.443 e. The fourth-order valence-electron chi connectivity index (χ4n) is 1.89. The van der Waals surface area contributed by atoms with E-state index in [1.165, 1.54) is 0 Å². The highest BCUT2D eigenvalue weighted by Crippen LogP contribution is 2.24. The smallest absolute Gasteiger partial charge is 0.422 e. The summed E-state index contributed by atoms with van der Waals surface area (Å²) in [7, 11) is 0. The van der Waals surface area contributed by atoms with Gasteiger partial charge >= 0.3 is 6.09 Å². The second kappa shape index (κ2) is 5.23. The lowest BCUT2D eigenvalue weighted by Gasteiger charge is -2.39. The molecule has 1 amide bonds. The van der Waals surface area contributed by atoms with Crippen molar-refractivity contribution in [1.29, 1.82) is 0 Å². The van der Waals surface area contributed by atoms with Gasteiger partial charge in [0, 0.05) is 12.6 Å². The molecule has 0 aliphatic carbocycles. The fraction of sp³-hybridized carbons (Fsp3) is 0.917. The van der Waals surface area contributed by atoms with E-state index < -0.39 is 11.7 Å². The highest BCUT2D eigenvalue weighted by atomic mass is 16.6. The van der Waals surface area contributed by atoms with Crippen LogP contribution in [0.2, 0.25) is 0 Å². The molecule has 0 bridgehead atoms. The van der Waals surface area contributed by atoms with Crippen LogP contribution >= 0.6 is 0 Å². The van der Waals surface area contributed by atoms with Crippen LogP contribution < -0.4 is 16.2 Å². The van der Waals surface area contributed by atoms with Crippen LogP contribution in [0.1, 0.15) is 41.0 Å². The van der Waals surface area contributed by atoms with Gasteiger partial charge in [-0.25, -0.2) is 10.2 Å². The minimum atomic E-state index is -0.463. The maximum absolute atomic E-state index is 11.5. The monoisotopic (exact) mass is 243 g/mol. The number of ether oxygens (including phenoxy) is 1. The highest BCUT2D eigenvalue weighted by molar-refractivity contribution is 5.67. The molecule has 100 valence electrons. The summed E-state index contributed by atoms with van der Waals surface area (Å²) in [4.78, 5) is 11.5. The van der Waals surface area contributed by atoms with Crippen LogP contribution in [0.4, 0.5) is 4.79 Å². The molecular weight excluding hydrogens is 218 g/mol. The van der Waals surface area contributed by atoms with E-state index in [2.05, 4.69) is 30.0 Å². The molecule has 1 fully saturated rings. The molecule has 0 aromatic heterocycles. The van der Waals surface area contributed by atoms with E-state index in [0.29, 0.717) is 0 Å². The third-order valence-corrected chi connectivity index (χ3v) is 2.88. The zero-order valence-electron chi connectivity index (χ0n) is 11.5. The Kier molecular flexibility index (Phi) is 4.38. The quantitative estimate of drug-likeness (QED) is 0.642. The van der Waals surface area contributed by atoms with E-state index in [0.717, 1.165) is 19.5 Å². The lowest BCUT2D eigenvalue weighted by Crippen LogP contribution is -2.58. The van der Waals surface area contributed by atoms with Crippen molar-refractivity contribution in [3.05, 3.63) is 0 Å². The average molecular weight is 243 g/mol. The Balaban J connectivity index is 2.37. The Labute approximate surface area is 104 Å². The first kappa shape index (κ1) is 14.3. The number of nitrogens with one attached hydrogen (secondary N) is 3. The number of amides is 1.